The Labute approximate surface area is 108 Å². The van der Waals surface area contributed by atoms with E-state index in [9.17, 15) is 4.79 Å². The molecule has 0 aliphatic heterocycles. The van der Waals surface area contributed by atoms with E-state index in [0.29, 0.717) is 6.54 Å². The second kappa shape index (κ2) is 7.87. The van der Waals surface area contributed by atoms with Crippen molar-refractivity contribution >= 4 is 5.97 Å². The van der Waals surface area contributed by atoms with E-state index in [2.05, 4.69) is 16.8 Å². The smallest absolute Gasteiger partial charge is 0.307 e. The Morgan fingerprint density at radius 2 is 2.28 bits per heavy atom. The van der Waals surface area contributed by atoms with Crippen molar-refractivity contribution in [2.24, 2.45) is 5.92 Å². The summed E-state index contributed by atoms with van der Waals surface area (Å²) in [6.45, 7) is 7.34. The van der Waals surface area contributed by atoms with Gasteiger partial charge in [0.1, 0.15) is 0 Å². The molecule has 0 spiro atoms. The molecule has 1 heterocycles. The fourth-order valence-electron chi connectivity index (χ4n) is 1.97. The molecule has 5 nitrogen and oxygen atoms in total. The Balaban J connectivity index is 2.30. The second-order valence-electron chi connectivity index (χ2n) is 4.69. The van der Waals surface area contributed by atoms with Gasteiger partial charge in [0.25, 0.3) is 0 Å². The van der Waals surface area contributed by atoms with E-state index in [1.807, 2.05) is 17.1 Å². The molecule has 0 aliphatic rings. The zero-order valence-corrected chi connectivity index (χ0v) is 11.2. The molecule has 1 rings (SSSR count). The number of hydrogen-bond donors (Lipinski definition) is 1. The van der Waals surface area contributed by atoms with Crippen LogP contribution in [0.2, 0.25) is 0 Å². The number of carboxylic acid groups (broad SMARTS) is 1. The van der Waals surface area contributed by atoms with Crippen molar-refractivity contribution in [1.29, 1.82) is 0 Å². The topological polar surface area (TPSA) is 58.4 Å². The van der Waals surface area contributed by atoms with Crippen LogP contribution in [0, 0.1) is 5.92 Å². The molecular weight excluding hydrogens is 230 g/mol. The third-order valence-electron chi connectivity index (χ3n) is 2.94. The van der Waals surface area contributed by atoms with Gasteiger partial charge in [-0.3, -0.25) is 4.79 Å². The lowest BCUT2D eigenvalue weighted by molar-refractivity contribution is -0.141. The lowest BCUT2D eigenvalue weighted by Crippen LogP contribution is -2.33. The standard InChI is InChI=1S/C13H23N3O2/c1-3-6-15(10-12(2)13(17)18)7-4-8-16-9-5-14-11-16/h5,9,11-12H,3-4,6-8,10H2,1-2H3,(H,17,18). The monoisotopic (exact) mass is 253 g/mol. The van der Waals surface area contributed by atoms with Crippen LogP contribution in [-0.2, 0) is 11.3 Å². The predicted octanol–water partition coefficient (Wildman–Crippen LogP) is 1.71. The summed E-state index contributed by atoms with van der Waals surface area (Å²) in [6.07, 6.45) is 7.60. The van der Waals surface area contributed by atoms with Crippen LogP contribution in [0.3, 0.4) is 0 Å². The van der Waals surface area contributed by atoms with E-state index in [1.54, 1.807) is 13.1 Å². The first kappa shape index (κ1) is 14.7. The van der Waals surface area contributed by atoms with Gasteiger partial charge in [0, 0.05) is 25.5 Å². The number of aryl methyl sites for hydroxylation is 1. The van der Waals surface area contributed by atoms with Gasteiger partial charge in [-0.15, -0.1) is 0 Å². The summed E-state index contributed by atoms with van der Waals surface area (Å²) >= 11 is 0. The number of rotatable bonds is 9. The van der Waals surface area contributed by atoms with Gasteiger partial charge in [-0.1, -0.05) is 13.8 Å². The highest BCUT2D eigenvalue weighted by molar-refractivity contribution is 5.69. The average Bonchev–Trinajstić information content (AvgIpc) is 2.82. The van der Waals surface area contributed by atoms with Crippen LogP contribution in [0.5, 0.6) is 0 Å². The highest BCUT2D eigenvalue weighted by Crippen LogP contribution is 2.03. The number of hydrogen-bond acceptors (Lipinski definition) is 3. The molecule has 0 fully saturated rings. The molecule has 0 saturated carbocycles. The Morgan fingerprint density at radius 3 is 2.83 bits per heavy atom. The van der Waals surface area contributed by atoms with Crippen LogP contribution < -0.4 is 0 Å². The molecule has 5 heteroatoms. The van der Waals surface area contributed by atoms with Gasteiger partial charge < -0.3 is 14.6 Å². The van der Waals surface area contributed by atoms with E-state index in [-0.39, 0.29) is 5.92 Å². The number of imidazole rings is 1. The Kier molecular flexibility index (Phi) is 6.43. The Morgan fingerprint density at radius 1 is 1.50 bits per heavy atom. The molecule has 1 aromatic heterocycles. The molecule has 0 radical (unpaired) electrons. The lowest BCUT2D eigenvalue weighted by Gasteiger charge is -2.23. The predicted molar refractivity (Wildman–Crippen MR) is 70.4 cm³/mol. The van der Waals surface area contributed by atoms with Crippen LogP contribution in [-0.4, -0.2) is 45.2 Å². The maximum atomic E-state index is 10.9. The highest BCUT2D eigenvalue weighted by atomic mass is 16.4. The molecule has 0 aliphatic carbocycles. The SMILES string of the molecule is CCCN(CCCn1ccnc1)CC(C)C(=O)O. The fraction of sp³-hybridized carbons (Fsp3) is 0.692. The van der Waals surface area contributed by atoms with Crippen molar-refractivity contribution in [3.05, 3.63) is 18.7 Å². The molecule has 1 aromatic rings. The van der Waals surface area contributed by atoms with Crippen LogP contribution >= 0.6 is 0 Å². The Hall–Kier alpha value is -1.36. The molecule has 0 amide bonds. The zero-order chi connectivity index (χ0) is 13.4. The molecule has 1 unspecified atom stereocenters. The van der Waals surface area contributed by atoms with Crippen LogP contribution in [0.25, 0.3) is 0 Å². The summed E-state index contributed by atoms with van der Waals surface area (Å²) in [5, 5.41) is 8.94. The second-order valence-corrected chi connectivity index (χ2v) is 4.69. The van der Waals surface area contributed by atoms with Crippen LogP contribution in [0.15, 0.2) is 18.7 Å². The van der Waals surface area contributed by atoms with Crippen LogP contribution in [0.4, 0.5) is 0 Å². The summed E-state index contributed by atoms with van der Waals surface area (Å²) in [6, 6.07) is 0. The van der Waals surface area contributed by atoms with Crippen molar-refractivity contribution in [1.82, 2.24) is 14.5 Å². The maximum Gasteiger partial charge on any atom is 0.307 e. The summed E-state index contributed by atoms with van der Waals surface area (Å²) in [5.41, 5.74) is 0. The summed E-state index contributed by atoms with van der Waals surface area (Å²) in [5.74, 6) is -1.02. The number of aliphatic carboxylic acids is 1. The lowest BCUT2D eigenvalue weighted by atomic mass is 10.1. The number of aromatic nitrogens is 2. The quantitative estimate of drug-likeness (QED) is 0.728. The molecule has 1 N–H and O–H groups in total. The fourth-order valence-corrected chi connectivity index (χ4v) is 1.97. The molecule has 1 atom stereocenters. The first-order chi connectivity index (χ1) is 8.63. The van der Waals surface area contributed by atoms with Crippen molar-refractivity contribution in [2.75, 3.05) is 19.6 Å². The van der Waals surface area contributed by atoms with Crippen LogP contribution in [0.1, 0.15) is 26.7 Å². The zero-order valence-electron chi connectivity index (χ0n) is 11.2. The third kappa shape index (κ3) is 5.31. The summed E-state index contributed by atoms with van der Waals surface area (Å²) < 4.78 is 2.05. The van der Waals surface area contributed by atoms with Gasteiger partial charge in [-0.2, -0.15) is 0 Å². The highest BCUT2D eigenvalue weighted by Gasteiger charge is 2.15. The molecule has 0 bridgehead atoms. The van der Waals surface area contributed by atoms with E-state index < -0.39 is 5.97 Å². The van der Waals surface area contributed by atoms with Gasteiger partial charge in [-0.05, 0) is 25.9 Å². The minimum absolute atomic E-state index is 0.301. The summed E-state index contributed by atoms with van der Waals surface area (Å²) in [4.78, 5) is 17.1. The van der Waals surface area contributed by atoms with E-state index >= 15 is 0 Å². The van der Waals surface area contributed by atoms with Crippen molar-refractivity contribution in [3.8, 4) is 0 Å². The summed E-state index contributed by atoms with van der Waals surface area (Å²) in [7, 11) is 0. The van der Waals surface area contributed by atoms with Gasteiger partial charge >= 0.3 is 5.97 Å². The average molecular weight is 253 g/mol. The Bertz CT molecular complexity index is 338. The molecule has 18 heavy (non-hydrogen) atoms. The minimum Gasteiger partial charge on any atom is -0.481 e. The normalized spacial score (nSPS) is 12.8. The molecular formula is C13H23N3O2. The third-order valence-corrected chi connectivity index (χ3v) is 2.94. The van der Waals surface area contributed by atoms with Crippen molar-refractivity contribution in [2.45, 2.75) is 33.2 Å². The first-order valence-corrected chi connectivity index (χ1v) is 6.54. The molecule has 0 saturated heterocycles. The van der Waals surface area contributed by atoms with Gasteiger partial charge in [0.2, 0.25) is 0 Å². The maximum absolute atomic E-state index is 10.9. The number of nitrogens with zero attached hydrogens (tertiary/aromatic N) is 3. The van der Waals surface area contributed by atoms with E-state index in [1.165, 1.54) is 0 Å². The van der Waals surface area contributed by atoms with Gasteiger partial charge in [0.15, 0.2) is 0 Å². The molecule has 102 valence electrons. The van der Waals surface area contributed by atoms with E-state index in [0.717, 1.165) is 32.5 Å². The van der Waals surface area contributed by atoms with E-state index in [4.69, 9.17) is 5.11 Å². The minimum atomic E-state index is -0.717. The van der Waals surface area contributed by atoms with Crippen molar-refractivity contribution in [3.63, 3.8) is 0 Å². The number of carboxylic acids is 1. The van der Waals surface area contributed by atoms with Gasteiger partial charge in [-0.25, -0.2) is 4.98 Å². The largest absolute Gasteiger partial charge is 0.481 e. The first-order valence-electron chi connectivity index (χ1n) is 6.54. The van der Waals surface area contributed by atoms with Crippen molar-refractivity contribution < 1.29 is 9.90 Å². The molecule has 0 aromatic carbocycles. The van der Waals surface area contributed by atoms with Gasteiger partial charge in [0.05, 0.1) is 12.2 Å². The number of carbonyl (C=O) groups is 1.